The minimum atomic E-state index is -0.101. The van der Waals surface area contributed by atoms with Gasteiger partial charge in [0.15, 0.2) is 0 Å². The molecule has 0 amide bonds. The topological polar surface area (TPSA) is 0 Å². The third kappa shape index (κ3) is 8.29. The Kier molecular flexibility index (Phi) is 11.1. The second kappa shape index (κ2) is 13.5. The van der Waals surface area contributed by atoms with Gasteiger partial charge in [-0.2, -0.15) is 0 Å². The first-order valence-electron chi connectivity index (χ1n) is 14.2. The highest BCUT2D eigenvalue weighted by Gasteiger charge is 2.30. The molecule has 0 atom stereocenters. The maximum absolute atomic E-state index is 12.5. The van der Waals surface area contributed by atoms with Crippen LogP contribution in [0.2, 0.25) is 0 Å². The molecule has 31 heavy (non-hydrogen) atoms. The van der Waals surface area contributed by atoms with Crippen molar-refractivity contribution in [3.63, 3.8) is 0 Å². The lowest BCUT2D eigenvalue weighted by atomic mass is 9.69. The predicted octanol–water partition coefficient (Wildman–Crippen LogP) is 10.6. The Hall–Kier alpha value is -0.140. The molecule has 4 aliphatic rings. The third-order valence-corrected chi connectivity index (χ3v) is 9.97. The van der Waals surface area contributed by atoms with E-state index in [1.807, 2.05) is 0 Å². The van der Waals surface area contributed by atoms with Crippen LogP contribution in [0, 0.1) is 47.3 Å². The van der Waals surface area contributed by atoms with E-state index in [1.165, 1.54) is 89.9 Å². The van der Waals surface area contributed by atoms with E-state index in [9.17, 15) is 8.78 Å². The molecule has 0 heterocycles. The average Bonchev–Trinajstić information content (AvgIpc) is 2.81. The van der Waals surface area contributed by atoms with Gasteiger partial charge >= 0.3 is 0 Å². The van der Waals surface area contributed by atoms with Crippen LogP contribution in [0.5, 0.6) is 0 Å². The van der Waals surface area contributed by atoms with Gasteiger partial charge in [-0.1, -0.05) is 52.4 Å². The lowest BCUT2D eigenvalue weighted by Crippen LogP contribution is -2.25. The molecule has 2 heteroatoms. The van der Waals surface area contributed by atoms with Crippen molar-refractivity contribution >= 4 is 0 Å². The molecular weight excluding hydrogens is 386 g/mol. The quantitative estimate of drug-likeness (QED) is 0.394. The Balaban J connectivity index is 0. The Morgan fingerprint density at radius 1 is 0.484 bits per heavy atom. The van der Waals surface area contributed by atoms with Crippen molar-refractivity contribution in [3.8, 4) is 0 Å². The second-order valence-corrected chi connectivity index (χ2v) is 12.2. The van der Waals surface area contributed by atoms with Crippen LogP contribution in [0.15, 0.2) is 0 Å². The number of rotatable bonds is 5. The number of hydrogen-bond donors (Lipinski definition) is 0. The fourth-order valence-corrected chi connectivity index (χ4v) is 7.43. The second-order valence-electron chi connectivity index (χ2n) is 12.2. The summed E-state index contributed by atoms with van der Waals surface area (Å²) in [7, 11) is 0. The normalized spacial score (nSPS) is 41.8. The monoisotopic (exact) mass is 446 g/mol. The van der Waals surface area contributed by atoms with Gasteiger partial charge in [-0.3, -0.25) is 8.78 Å². The van der Waals surface area contributed by atoms with Crippen molar-refractivity contribution in [1.82, 2.24) is 0 Å². The van der Waals surface area contributed by atoms with E-state index in [2.05, 4.69) is 13.8 Å². The molecule has 4 rings (SSSR count). The first-order chi connectivity index (χ1) is 15.1. The highest BCUT2D eigenvalue weighted by atomic mass is 19.1. The van der Waals surface area contributed by atoms with Crippen molar-refractivity contribution in [2.45, 2.75) is 123 Å². The fourth-order valence-electron chi connectivity index (χ4n) is 7.43. The van der Waals surface area contributed by atoms with E-state index in [0.29, 0.717) is 11.8 Å². The van der Waals surface area contributed by atoms with Crippen LogP contribution in [0.4, 0.5) is 8.78 Å². The molecule has 0 radical (unpaired) electrons. The highest BCUT2D eigenvalue weighted by Crippen LogP contribution is 2.42. The van der Waals surface area contributed by atoms with Gasteiger partial charge < -0.3 is 0 Å². The van der Waals surface area contributed by atoms with Gasteiger partial charge in [0.25, 0.3) is 0 Å². The molecule has 4 fully saturated rings. The number of hydrogen-bond acceptors (Lipinski definition) is 0. The van der Waals surface area contributed by atoms with Gasteiger partial charge in [0.2, 0.25) is 0 Å². The van der Waals surface area contributed by atoms with Crippen LogP contribution < -0.4 is 0 Å². The zero-order valence-corrected chi connectivity index (χ0v) is 20.8. The molecular formula is C29H60F2. The van der Waals surface area contributed by atoms with Crippen molar-refractivity contribution in [3.05, 3.63) is 0 Å². The van der Waals surface area contributed by atoms with E-state index in [4.69, 9.17) is 0 Å². The zero-order valence-electron chi connectivity index (χ0n) is 20.8. The summed E-state index contributed by atoms with van der Waals surface area (Å²) in [5.74, 6) is 6.99. The van der Waals surface area contributed by atoms with Gasteiger partial charge in [0.05, 0.1) is 13.3 Å². The average molecular weight is 447 g/mol. The molecule has 4 saturated carbocycles. The summed E-state index contributed by atoms with van der Waals surface area (Å²) < 4.78 is 24.8. The SMILES string of the molecule is CC1CCC(C2CCC(CCF)CC2)CC1.CC1CCC(C2CCC(CF)CC2)CC1.[HH].[HH].[HH].[HH]. The summed E-state index contributed by atoms with van der Waals surface area (Å²) >= 11 is 0. The van der Waals surface area contributed by atoms with E-state index >= 15 is 0 Å². The smallest absolute Gasteiger partial charge is 0.0922 e. The third-order valence-electron chi connectivity index (χ3n) is 9.97. The summed E-state index contributed by atoms with van der Waals surface area (Å²) in [6.07, 6.45) is 22.8. The Morgan fingerprint density at radius 3 is 1.13 bits per heavy atom. The predicted molar refractivity (Wildman–Crippen MR) is 138 cm³/mol. The molecule has 0 aromatic heterocycles. The van der Waals surface area contributed by atoms with Gasteiger partial charge in [0.1, 0.15) is 0 Å². The molecule has 0 saturated heterocycles. The number of alkyl halides is 2. The molecule has 0 aliphatic heterocycles. The molecule has 0 bridgehead atoms. The molecule has 4 aliphatic carbocycles. The molecule has 190 valence electrons. The summed E-state index contributed by atoms with van der Waals surface area (Å²) in [6, 6.07) is 0. The maximum atomic E-state index is 12.5. The van der Waals surface area contributed by atoms with Crippen molar-refractivity contribution in [2.75, 3.05) is 13.3 Å². The Bertz CT molecular complexity index is 463. The molecule has 0 spiro atoms. The van der Waals surface area contributed by atoms with Crippen molar-refractivity contribution in [1.29, 1.82) is 0 Å². The molecule has 0 nitrogen and oxygen atoms in total. The molecule has 0 aromatic carbocycles. The minimum Gasteiger partial charge on any atom is -0.251 e. The lowest BCUT2D eigenvalue weighted by Gasteiger charge is -2.37. The summed E-state index contributed by atoms with van der Waals surface area (Å²) in [4.78, 5) is 0. The maximum Gasteiger partial charge on any atom is 0.0922 e. The van der Waals surface area contributed by atoms with E-state index in [0.717, 1.165) is 54.8 Å². The first kappa shape index (κ1) is 25.5. The van der Waals surface area contributed by atoms with E-state index in [1.54, 1.807) is 0 Å². The summed E-state index contributed by atoms with van der Waals surface area (Å²) in [5, 5.41) is 0. The van der Waals surface area contributed by atoms with Crippen LogP contribution in [0.3, 0.4) is 0 Å². The lowest BCUT2D eigenvalue weighted by molar-refractivity contribution is 0.140. The highest BCUT2D eigenvalue weighted by molar-refractivity contribution is 4.82. The Morgan fingerprint density at radius 2 is 0.806 bits per heavy atom. The van der Waals surface area contributed by atoms with Gasteiger partial charge in [-0.25, -0.2) is 0 Å². The van der Waals surface area contributed by atoms with Crippen LogP contribution in [0.25, 0.3) is 0 Å². The largest absolute Gasteiger partial charge is 0.251 e. The van der Waals surface area contributed by atoms with Crippen LogP contribution >= 0.6 is 0 Å². The van der Waals surface area contributed by atoms with Gasteiger partial charge in [-0.15, -0.1) is 0 Å². The standard InChI is InChI=1S/C15H27F.C14H25F.4H2/c1-12-2-6-14(7-3-12)15-8-4-13(5-9-15)10-11-16;1-11-2-6-13(7-3-11)14-8-4-12(10-15)5-9-14;;;;/h12-15H,2-11H2,1H3;11-14H,2-10H2,1H3;4*1H. The molecule has 0 unspecified atom stereocenters. The first-order valence-corrected chi connectivity index (χ1v) is 14.2. The van der Waals surface area contributed by atoms with Crippen molar-refractivity contribution in [2.24, 2.45) is 47.3 Å². The fraction of sp³-hybridized carbons (Fsp3) is 1.00. The Labute approximate surface area is 198 Å². The van der Waals surface area contributed by atoms with Crippen LogP contribution in [-0.2, 0) is 0 Å². The van der Waals surface area contributed by atoms with E-state index in [-0.39, 0.29) is 19.1 Å². The summed E-state index contributed by atoms with van der Waals surface area (Å²) in [6.45, 7) is 4.61. The van der Waals surface area contributed by atoms with Crippen LogP contribution in [0.1, 0.15) is 129 Å². The number of halogens is 2. The zero-order chi connectivity index (χ0) is 22.1. The molecule has 0 N–H and O–H groups in total. The minimum absolute atomic E-state index is 0. The molecule has 0 aromatic rings. The van der Waals surface area contributed by atoms with E-state index < -0.39 is 0 Å². The van der Waals surface area contributed by atoms with Gasteiger partial charge in [-0.05, 0) is 118 Å². The van der Waals surface area contributed by atoms with Crippen LogP contribution in [-0.4, -0.2) is 13.3 Å². The van der Waals surface area contributed by atoms with Crippen molar-refractivity contribution < 1.29 is 14.5 Å². The summed E-state index contributed by atoms with van der Waals surface area (Å²) in [5.41, 5.74) is 0. The van der Waals surface area contributed by atoms with Gasteiger partial charge in [0, 0.05) is 5.71 Å².